The second-order valence-electron chi connectivity index (χ2n) is 3.79. The maximum Gasteiger partial charge on any atom is 0.309 e. The maximum atomic E-state index is 11.2. The van der Waals surface area contributed by atoms with Gasteiger partial charge in [0.25, 0.3) is 0 Å². The molecule has 1 rings (SSSR count). The summed E-state index contributed by atoms with van der Waals surface area (Å²) in [5.41, 5.74) is -0.559. The summed E-state index contributed by atoms with van der Waals surface area (Å²) < 4.78 is 10.1. The van der Waals surface area contributed by atoms with Crippen molar-refractivity contribution in [3.05, 3.63) is 0 Å². The number of rotatable bonds is 5. The number of hydrogen-bond donors (Lipinski definition) is 1. The van der Waals surface area contributed by atoms with Crippen molar-refractivity contribution in [1.82, 2.24) is 0 Å². The summed E-state index contributed by atoms with van der Waals surface area (Å²) in [5, 5.41) is 9.19. The van der Waals surface area contributed by atoms with Crippen LogP contribution in [0.15, 0.2) is 0 Å². The summed E-state index contributed by atoms with van der Waals surface area (Å²) in [6.45, 7) is 1.77. The topological polar surface area (TPSA) is 55.8 Å². The average Bonchev–Trinajstić information content (AvgIpc) is 2.19. The molecule has 0 aromatic rings. The van der Waals surface area contributed by atoms with Gasteiger partial charge in [0.15, 0.2) is 0 Å². The van der Waals surface area contributed by atoms with E-state index in [2.05, 4.69) is 0 Å². The van der Waals surface area contributed by atoms with Crippen LogP contribution in [0, 0.1) is 5.41 Å². The fourth-order valence-electron chi connectivity index (χ4n) is 1.89. The third-order valence-electron chi connectivity index (χ3n) is 2.91. The van der Waals surface area contributed by atoms with Crippen molar-refractivity contribution in [1.29, 1.82) is 0 Å². The van der Waals surface area contributed by atoms with E-state index in [0.29, 0.717) is 39.1 Å². The van der Waals surface area contributed by atoms with Gasteiger partial charge >= 0.3 is 5.97 Å². The van der Waals surface area contributed by atoms with Crippen molar-refractivity contribution < 1.29 is 19.4 Å². The Bertz CT molecular complexity index is 185. The van der Waals surface area contributed by atoms with Gasteiger partial charge in [0, 0.05) is 26.9 Å². The first-order valence-corrected chi connectivity index (χ1v) is 5.01. The number of aliphatic carboxylic acids is 1. The third-order valence-corrected chi connectivity index (χ3v) is 2.91. The van der Waals surface area contributed by atoms with Crippen molar-refractivity contribution in [3.8, 4) is 0 Å². The summed E-state index contributed by atoms with van der Waals surface area (Å²) in [4.78, 5) is 11.2. The molecule has 0 amide bonds. The van der Waals surface area contributed by atoms with E-state index in [1.165, 1.54) is 0 Å². The minimum Gasteiger partial charge on any atom is -0.481 e. The molecule has 1 aliphatic heterocycles. The molecule has 0 aliphatic carbocycles. The maximum absolute atomic E-state index is 11.2. The Labute approximate surface area is 84.2 Å². The number of hydrogen-bond acceptors (Lipinski definition) is 3. The van der Waals surface area contributed by atoms with Crippen LogP contribution in [0.3, 0.4) is 0 Å². The van der Waals surface area contributed by atoms with E-state index in [0.717, 1.165) is 6.42 Å². The lowest BCUT2D eigenvalue weighted by Gasteiger charge is -2.33. The number of carbonyl (C=O) groups is 1. The molecular weight excluding hydrogens is 184 g/mol. The van der Waals surface area contributed by atoms with Gasteiger partial charge in [-0.2, -0.15) is 0 Å². The van der Waals surface area contributed by atoms with Crippen LogP contribution in [-0.4, -0.2) is 38.0 Å². The fourth-order valence-corrected chi connectivity index (χ4v) is 1.89. The van der Waals surface area contributed by atoms with Gasteiger partial charge in [-0.05, 0) is 25.7 Å². The molecule has 4 nitrogen and oxygen atoms in total. The van der Waals surface area contributed by atoms with Crippen molar-refractivity contribution in [3.63, 3.8) is 0 Å². The largest absolute Gasteiger partial charge is 0.481 e. The van der Waals surface area contributed by atoms with Crippen LogP contribution < -0.4 is 0 Å². The molecule has 0 radical (unpaired) electrons. The minimum atomic E-state index is -0.683. The Balaban J connectivity index is 2.47. The number of ether oxygens (including phenoxy) is 2. The van der Waals surface area contributed by atoms with Gasteiger partial charge in [-0.1, -0.05) is 0 Å². The third kappa shape index (κ3) is 2.69. The van der Waals surface area contributed by atoms with Gasteiger partial charge in [0.2, 0.25) is 0 Å². The number of carboxylic acids is 1. The van der Waals surface area contributed by atoms with Crippen LogP contribution in [0.4, 0.5) is 0 Å². The van der Waals surface area contributed by atoms with Crippen molar-refractivity contribution >= 4 is 5.97 Å². The van der Waals surface area contributed by atoms with E-state index in [-0.39, 0.29) is 0 Å². The lowest BCUT2D eigenvalue weighted by molar-refractivity contribution is -0.155. The molecule has 0 aromatic carbocycles. The second-order valence-corrected chi connectivity index (χ2v) is 3.79. The summed E-state index contributed by atoms with van der Waals surface area (Å²) in [5.74, 6) is -0.683. The molecule has 0 aromatic heterocycles. The molecule has 4 heteroatoms. The van der Waals surface area contributed by atoms with E-state index >= 15 is 0 Å². The van der Waals surface area contributed by atoms with Gasteiger partial charge < -0.3 is 14.6 Å². The van der Waals surface area contributed by atoms with E-state index in [1.54, 1.807) is 7.11 Å². The van der Waals surface area contributed by atoms with Crippen LogP contribution in [0.1, 0.15) is 25.7 Å². The van der Waals surface area contributed by atoms with Crippen LogP contribution >= 0.6 is 0 Å². The lowest BCUT2D eigenvalue weighted by Crippen LogP contribution is -2.37. The quantitative estimate of drug-likeness (QED) is 0.682. The summed E-state index contributed by atoms with van der Waals surface area (Å²) >= 11 is 0. The van der Waals surface area contributed by atoms with Crippen LogP contribution in [0.5, 0.6) is 0 Å². The van der Waals surface area contributed by atoms with Crippen LogP contribution in [-0.2, 0) is 14.3 Å². The van der Waals surface area contributed by atoms with Crippen molar-refractivity contribution in [2.75, 3.05) is 26.9 Å². The molecule has 1 saturated heterocycles. The van der Waals surface area contributed by atoms with Gasteiger partial charge in [-0.15, -0.1) is 0 Å². The standard InChI is InChI=1S/C10H18O4/c1-13-6-2-3-10(9(11)12)4-7-14-8-5-10/h2-8H2,1H3,(H,11,12). The number of carboxylic acid groups (broad SMARTS) is 1. The predicted molar refractivity (Wildman–Crippen MR) is 51.2 cm³/mol. The van der Waals surface area contributed by atoms with Gasteiger partial charge in [-0.3, -0.25) is 4.79 Å². The smallest absolute Gasteiger partial charge is 0.309 e. The predicted octanol–water partition coefficient (Wildman–Crippen LogP) is 1.29. The van der Waals surface area contributed by atoms with E-state index in [1.807, 2.05) is 0 Å². The Morgan fingerprint density at radius 1 is 1.50 bits per heavy atom. The fraction of sp³-hybridized carbons (Fsp3) is 0.900. The van der Waals surface area contributed by atoms with Crippen LogP contribution in [0.25, 0.3) is 0 Å². The second kappa shape index (κ2) is 5.32. The molecule has 0 unspecified atom stereocenters. The lowest BCUT2D eigenvalue weighted by atomic mass is 9.76. The molecule has 0 saturated carbocycles. The summed E-state index contributed by atoms with van der Waals surface area (Å²) in [7, 11) is 1.64. The van der Waals surface area contributed by atoms with E-state index in [9.17, 15) is 9.90 Å². The Hall–Kier alpha value is -0.610. The van der Waals surface area contributed by atoms with E-state index < -0.39 is 11.4 Å². The van der Waals surface area contributed by atoms with E-state index in [4.69, 9.17) is 9.47 Å². The molecule has 1 fully saturated rings. The highest BCUT2D eigenvalue weighted by Gasteiger charge is 2.39. The number of methoxy groups -OCH3 is 1. The highest BCUT2D eigenvalue weighted by molar-refractivity contribution is 5.74. The summed E-state index contributed by atoms with van der Waals surface area (Å²) in [6.07, 6.45) is 2.76. The first-order valence-electron chi connectivity index (χ1n) is 5.01. The highest BCUT2D eigenvalue weighted by atomic mass is 16.5. The molecule has 0 atom stereocenters. The average molecular weight is 202 g/mol. The molecule has 1 N–H and O–H groups in total. The van der Waals surface area contributed by atoms with Gasteiger partial charge in [-0.25, -0.2) is 0 Å². The molecular formula is C10H18O4. The first kappa shape index (κ1) is 11.5. The molecule has 0 spiro atoms. The first-order chi connectivity index (χ1) is 6.71. The van der Waals surface area contributed by atoms with Crippen LogP contribution in [0.2, 0.25) is 0 Å². The zero-order valence-corrected chi connectivity index (χ0v) is 8.62. The molecule has 0 bridgehead atoms. The Kier molecular flexibility index (Phi) is 4.35. The molecule has 82 valence electrons. The molecule has 14 heavy (non-hydrogen) atoms. The highest BCUT2D eigenvalue weighted by Crippen LogP contribution is 2.35. The molecule has 1 heterocycles. The zero-order chi connectivity index (χ0) is 10.4. The summed E-state index contributed by atoms with van der Waals surface area (Å²) in [6, 6.07) is 0. The molecule has 1 aliphatic rings. The SMILES string of the molecule is COCCCC1(C(=O)O)CCOCC1. The van der Waals surface area contributed by atoms with Crippen molar-refractivity contribution in [2.45, 2.75) is 25.7 Å². The monoisotopic (exact) mass is 202 g/mol. The van der Waals surface area contributed by atoms with Gasteiger partial charge in [0.1, 0.15) is 0 Å². The van der Waals surface area contributed by atoms with Crippen molar-refractivity contribution in [2.24, 2.45) is 5.41 Å². The minimum absolute atomic E-state index is 0.559. The van der Waals surface area contributed by atoms with Gasteiger partial charge in [0.05, 0.1) is 5.41 Å². The Morgan fingerprint density at radius 2 is 2.14 bits per heavy atom. The zero-order valence-electron chi connectivity index (χ0n) is 8.62. The Morgan fingerprint density at radius 3 is 2.64 bits per heavy atom. The normalized spacial score (nSPS) is 20.6.